The van der Waals surface area contributed by atoms with Crippen LogP contribution in [-0.4, -0.2) is 29.3 Å². The molecule has 4 nitrogen and oxygen atoms in total. The van der Waals surface area contributed by atoms with Gasteiger partial charge in [0.05, 0.1) is 16.5 Å². The van der Waals surface area contributed by atoms with Crippen LogP contribution >= 0.6 is 23.2 Å². The molecule has 3 aromatic carbocycles. The maximum Gasteiger partial charge on any atom is 0.243 e. The summed E-state index contributed by atoms with van der Waals surface area (Å²) < 4.78 is 13.5. The van der Waals surface area contributed by atoms with Crippen LogP contribution < -0.4 is 5.32 Å². The first-order valence-electron chi connectivity index (χ1n) is 11.2. The van der Waals surface area contributed by atoms with E-state index in [1.54, 1.807) is 35.2 Å². The monoisotopic (exact) mass is 500 g/mol. The molecule has 0 aromatic heterocycles. The summed E-state index contributed by atoms with van der Waals surface area (Å²) >= 11 is 12.2. The molecule has 0 bridgehead atoms. The minimum absolute atomic E-state index is 0.0461. The largest absolute Gasteiger partial charge is 0.354 e. The number of nitrogens with zero attached hydrogens (tertiary/aromatic N) is 1. The standard InChI is InChI=1S/C27H27Cl2FN2O2/c1-2-14-31-27(34)25(16-19-6-4-3-5-7-19)32(18-20-8-11-22(30)12-9-20)26(33)17-21-10-13-23(28)24(29)15-21/h3-13,15,25H,2,14,16-18H2,1H3,(H,31,34)/t25-/m0/s1. The second kappa shape index (κ2) is 12.5. The molecular formula is C27H27Cl2FN2O2. The lowest BCUT2D eigenvalue weighted by Crippen LogP contribution is -2.51. The van der Waals surface area contributed by atoms with Gasteiger partial charge in [-0.2, -0.15) is 0 Å². The van der Waals surface area contributed by atoms with Crippen LogP contribution in [0.2, 0.25) is 10.0 Å². The highest BCUT2D eigenvalue weighted by Crippen LogP contribution is 2.24. The molecule has 178 valence electrons. The molecule has 0 radical (unpaired) electrons. The Labute approximate surface area is 209 Å². The molecule has 3 rings (SSSR count). The van der Waals surface area contributed by atoms with Gasteiger partial charge in [0.15, 0.2) is 0 Å². The Balaban J connectivity index is 1.95. The fourth-order valence-corrected chi connectivity index (χ4v) is 3.95. The topological polar surface area (TPSA) is 49.4 Å². The molecule has 0 aliphatic rings. The predicted octanol–water partition coefficient (Wildman–Crippen LogP) is 5.84. The minimum atomic E-state index is -0.741. The van der Waals surface area contributed by atoms with E-state index in [4.69, 9.17) is 23.2 Å². The number of nitrogens with one attached hydrogen (secondary N) is 1. The summed E-state index contributed by atoms with van der Waals surface area (Å²) in [5.74, 6) is -0.829. The lowest BCUT2D eigenvalue weighted by Gasteiger charge is -2.31. The van der Waals surface area contributed by atoms with Crippen molar-refractivity contribution < 1.29 is 14.0 Å². The van der Waals surface area contributed by atoms with Crippen molar-refractivity contribution in [1.29, 1.82) is 0 Å². The van der Waals surface area contributed by atoms with Gasteiger partial charge in [0.1, 0.15) is 11.9 Å². The summed E-state index contributed by atoms with van der Waals surface area (Å²) in [4.78, 5) is 28.4. The second-order valence-electron chi connectivity index (χ2n) is 8.07. The molecular weight excluding hydrogens is 474 g/mol. The first-order chi connectivity index (χ1) is 16.4. The van der Waals surface area contributed by atoms with E-state index in [0.717, 1.165) is 17.5 Å². The van der Waals surface area contributed by atoms with Gasteiger partial charge in [-0.1, -0.05) is 78.7 Å². The lowest BCUT2D eigenvalue weighted by atomic mass is 10.0. The Morgan fingerprint density at radius 2 is 1.59 bits per heavy atom. The molecule has 0 aliphatic carbocycles. The normalized spacial score (nSPS) is 11.6. The van der Waals surface area contributed by atoms with Gasteiger partial charge in [-0.05, 0) is 47.4 Å². The molecule has 0 aliphatic heterocycles. The van der Waals surface area contributed by atoms with Gasteiger partial charge < -0.3 is 10.2 Å². The van der Waals surface area contributed by atoms with Crippen LogP contribution in [0.3, 0.4) is 0 Å². The van der Waals surface area contributed by atoms with Crippen LogP contribution in [0.1, 0.15) is 30.0 Å². The molecule has 0 saturated carbocycles. The van der Waals surface area contributed by atoms with Crippen molar-refractivity contribution in [3.63, 3.8) is 0 Å². The number of hydrogen-bond donors (Lipinski definition) is 1. The van der Waals surface area contributed by atoms with Gasteiger partial charge in [-0.3, -0.25) is 9.59 Å². The van der Waals surface area contributed by atoms with Crippen LogP contribution in [0.15, 0.2) is 72.8 Å². The molecule has 7 heteroatoms. The van der Waals surface area contributed by atoms with E-state index < -0.39 is 6.04 Å². The molecule has 0 fully saturated rings. The van der Waals surface area contributed by atoms with Gasteiger partial charge in [-0.25, -0.2) is 4.39 Å². The lowest BCUT2D eigenvalue weighted by molar-refractivity contribution is -0.140. The van der Waals surface area contributed by atoms with E-state index in [0.29, 0.717) is 28.6 Å². The molecule has 3 aromatic rings. The highest BCUT2D eigenvalue weighted by molar-refractivity contribution is 6.42. The zero-order chi connectivity index (χ0) is 24.5. The first kappa shape index (κ1) is 25.7. The van der Waals surface area contributed by atoms with E-state index in [1.807, 2.05) is 37.3 Å². The van der Waals surface area contributed by atoms with E-state index >= 15 is 0 Å². The van der Waals surface area contributed by atoms with Crippen molar-refractivity contribution in [3.05, 3.63) is 105 Å². The minimum Gasteiger partial charge on any atom is -0.354 e. The van der Waals surface area contributed by atoms with E-state index in [9.17, 15) is 14.0 Å². The van der Waals surface area contributed by atoms with Crippen LogP contribution in [0.25, 0.3) is 0 Å². The molecule has 34 heavy (non-hydrogen) atoms. The van der Waals surface area contributed by atoms with Crippen molar-refractivity contribution in [2.24, 2.45) is 0 Å². The third kappa shape index (κ3) is 7.31. The SMILES string of the molecule is CCCNC(=O)[C@H](Cc1ccccc1)N(Cc1ccc(F)cc1)C(=O)Cc1ccc(Cl)c(Cl)c1. The van der Waals surface area contributed by atoms with E-state index in [1.165, 1.54) is 12.1 Å². The summed E-state index contributed by atoms with van der Waals surface area (Å²) in [6.07, 6.45) is 1.17. The fraction of sp³-hybridized carbons (Fsp3) is 0.259. The average molecular weight is 501 g/mol. The molecule has 0 heterocycles. The van der Waals surface area contributed by atoms with Gasteiger partial charge in [0.2, 0.25) is 11.8 Å². The number of benzene rings is 3. The molecule has 1 atom stereocenters. The number of carbonyl (C=O) groups excluding carboxylic acids is 2. The van der Waals surface area contributed by atoms with Crippen molar-refractivity contribution >= 4 is 35.0 Å². The average Bonchev–Trinajstić information content (AvgIpc) is 2.84. The predicted molar refractivity (Wildman–Crippen MR) is 134 cm³/mol. The van der Waals surface area contributed by atoms with Crippen molar-refractivity contribution in [1.82, 2.24) is 10.2 Å². The maximum absolute atomic E-state index is 13.6. The Morgan fingerprint density at radius 3 is 2.24 bits per heavy atom. The Hall–Kier alpha value is -2.89. The van der Waals surface area contributed by atoms with Gasteiger partial charge in [-0.15, -0.1) is 0 Å². The van der Waals surface area contributed by atoms with Gasteiger partial charge >= 0.3 is 0 Å². The molecule has 0 spiro atoms. The molecule has 0 saturated heterocycles. The Morgan fingerprint density at radius 1 is 0.912 bits per heavy atom. The summed E-state index contributed by atoms with van der Waals surface area (Å²) in [5, 5.41) is 3.70. The quantitative estimate of drug-likeness (QED) is 0.380. The van der Waals surface area contributed by atoms with E-state index in [-0.39, 0.29) is 30.6 Å². The number of hydrogen-bond acceptors (Lipinski definition) is 2. The third-order valence-corrected chi connectivity index (χ3v) is 6.16. The van der Waals surface area contributed by atoms with Crippen LogP contribution in [0.4, 0.5) is 4.39 Å². The highest BCUT2D eigenvalue weighted by atomic mass is 35.5. The number of amides is 2. The summed E-state index contributed by atoms with van der Waals surface area (Å²) in [5.41, 5.74) is 2.35. The third-order valence-electron chi connectivity index (χ3n) is 5.43. The van der Waals surface area contributed by atoms with Gasteiger partial charge in [0.25, 0.3) is 0 Å². The molecule has 1 N–H and O–H groups in total. The summed E-state index contributed by atoms with van der Waals surface area (Å²) in [6.45, 7) is 2.64. The summed E-state index contributed by atoms with van der Waals surface area (Å²) in [6, 6.07) is 19.8. The number of rotatable bonds is 10. The van der Waals surface area contributed by atoms with E-state index in [2.05, 4.69) is 5.32 Å². The van der Waals surface area contributed by atoms with Crippen LogP contribution in [0.5, 0.6) is 0 Å². The smallest absolute Gasteiger partial charge is 0.243 e. The zero-order valence-corrected chi connectivity index (χ0v) is 20.5. The zero-order valence-electron chi connectivity index (χ0n) is 18.9. The number of halogens is 3. The first-order valence-corrected chi connectivity index (χ1v) is 11.9. The van der Waals surface area contributed by atoms with Crippen LogP contribution in [0, 0.1) is 5.82 Å². The molecule has 0 unspecified atom stereocenters. The number of carbonyl (C=O) groups is 2. The second-order valence-corrected chi connectivity index (χ2v) is 8.88. The fourth-order valence-electron chi connectivity index (χ4n) is 3.63. The summed E-state index contributed by atoms with van der Waals surface area (Å²) in [7, 11) is 0. The van der Waals surface area contributed by atoms with Crippen molar-refractivity contribution in [2.75, 3.05) is 6.54 Å². The van der Waals surface area contributed by atoms with Gasteiger partial charge in [0, 0.05) is 19.5 Å². The Kier molecular flexibility index (Phi) is 9.49. The van der Waals surface area contributed by atoms with Crippen molar-refractivity contribution in [2.45, 2.75) is 38.8 Å². The maximum atomic E-state index is 13.6. The van der Waals surface area contributed by atoms with Crippen molar-refractivity contribution in [3.8, 4) is 0 Å². The highest BCUT2D eigenvalue weighted by Gasteiger charge is 2.30. The molecule has 2 amide bonds. The Bertz CT molecular complexity index is 1110. The van der Waals surface area contributed by atoms with Crippen LogP contribution in [-0.2, 0) is 29.0 Å².